The fourth-order valence-electron chi connectivity index (χ4n) is 2.82. The van der Waals surface area contributed by atoms with Crippen LogP contribution in [0.1, 0.15) is 25.7 Å². The third-order valence-electron chi connectivity index (χ3n) is 4.10. The second-order valence-electron chi connectivity index (χ2n) is 5.44. The molecule has 0 bridgehead atoms. The number of aliphatic hydroxyl groups is 1. The summed E-state index contributed by atoms with van der Waals surface area (Å²) in [6.45, 7) is 1.20. The minimum atomic E-state index is -0.747. The average Bonchev–Trinajstić information content (AvgIpc) is 2.47. The van der Waals surface area contributed by atoms with Crippen LogP contribution in [0, 0.1) is 5.92 Å². The van der Waals surface area contributed by atoms with Crippen LogP contribution >= 0.6 is 0 Å². The van der Waals surface area contributed by atoms with E-state index < -0.39 is 5.97 Å². The summed E-state index contributed by atoms with van der Waals surface area (Å²) in [4.78, 5) is 24.7. The highest BCUT2D eigenvalue weighted by molar-refractivity contribution is 5.75. The Hall–Kier alpha value is -1.34. The Morgan fingerprint density at radius 1 is 1.25 bits per heavy atom. The zero-order valence-electron chi connectivity index (χ0n) is 11.5. The number of morpholine rings is 1. The first-order chi connectivity index (χ1) is 9.61. The number of carbonyl (C=O) groups excluding carboxylic acids is 1. The summed E-state index contributed by atoms with van der Waals surface area (Å²) >= 11 is 0. The number of amides is 2. The lowest BCUT2D eigenvalue weighted by molar-refractivity contribution is -0.142. The Balaban J connectivity index is 1.81. The normalized spacial score (nSPS) is 30.9. The van der Waals surface area contributed by atoms with E-state index in [1.54, 1.807) is 4.90 Å². The van der Waals surface area contributed by atoms with Gasteiger partial charge in [0.25, 0.3) is 0 Å². The van der Waals surface area contributed by atoms with Gasteiger partial charge in [-0.15, -0.1) is 0 Å². The maximum Gasteiger partial charge on any atom is 0.318 e. The number of rotatable bonds is 3. The first kappa shape index (κ1) is 15.1. The number of carboxylic acid groups (broad SMARTS) is 1. The molecule has 0 aromatic rings. The summed E-state index contributed by atoms with van der Waals surface area (Å²) in [7, 11) is 0. The van der Waals surface area contributed by atoms with E-state index in [0.717, 1.165) is 0 Å². The van der Waals surface area contributed by atoms with E-state index in [9.17, 15) is 14.7 Å². The lowest BCUT2D eigenvalue weighted by atomic mass is 9.86. The zero-order valence-corrected chi connectivity index (χ0v) is 11.5. The molecule has 2 fully saturated rings. The number of urea groups is 1. The summed E-state index contributed by atoms with van der Waals surface area (Å²) in [6, 6.07) is -0.453. The maximum atomic E-state index is 12.2. The van der Waals surface area contributed by atoms with E-state index in [2.05, 4.69) is 5.32 Å². The van der Waals surface area contributed by atoms with Gasteiger partial charge in [0.15, 0.2) is 0 Å². The van der Waals surface area contributed by atoms with Crippen LogP contribution in [0.4, 0.5) is 4.79 Å². The lowest BCUT2D eigenvalue weighted by Gasteiger charge is -2.36. The molecule has 2 aliphatic rings. The van der Waals surface area contributed by atoms with Gasteiger partial charge in [0.05, 0.1) is 31.8 Å². The van der Waals surface area contributed by atoms with Crippen molar-refractivity contribution in [2.75, 3.05) is 26.4 Å². The van der Waals surface area contributed by atoms with E-state index in [0.29, 0.717) is 45.4 Å². The van der Waals surface area contributed by atoms with Gasteiger partial charge in [0, 0.05) is 12.6 Å². The quantitative estimate of drug-likeness (QED) is 0.680. The maximum absolute atomic E-state index is 12.2. The van der Waals surface area contributed by atoms with Gasteiger partial charge >= 0.3 is 12.0 Å². The number of carbonyl (C=O) groups is 2. The molecule has 114 valence electrons. The molecule has 2 amide bonds. The predicted molar refractivity (Wildman–Crippen MR) is 70.3 cm³/mol. The van der Waals surface area contributed by atoms with Gasteiger partial charge in [-0.25, -0.2) is 4.79 Å². The Bertz CT molecular complexity index is 355. The number of aliphatic carboxylic acids is 1. The molecule has 1 unspecified atom stereocenters. The largest absolute Gasteiger partial charge is 0.481 e. The molecule has 0 radical (unpaired) electrons. The minimum Gasteiger partial charge on any atom is -0.481 e. The van der Waals surface area contributed by atoms with Crippen LogP contribution in [0.15, 0.2) is 0 Å². The SMILES string of the molecule is O=C(O)C1CCC(NC(=O)N2CCOCC2CO)CC1. The lowest BCUT2D eigenvalue weighted by Crippen LogP contribution is -2.56. The highest BCUT2D eigenvalue weighted by atomic mass is 16.5. The summed E-state index contributed by atoms with van der Waals surface area (Å²) in [6.07, 6.45) is 2.59. The molecule has 0 spiro atoms. The van der Waals surface area contributed by atoms with Gasteiger partial charge in [-0.3, -0.25) is 4.79 Å². The molecule has 2 rings (SSSR count). The van der Waals surface area contributed by atoms with E-state index in [1.807, 2.05) is 0 Å². The van der Waals surface area contributed by atoms with E-state index >= 15 is 0 Å². The van der Waals surface area contributed by atoms with Crippen LogP contribution in [0.2, 0.25) is 0 Å². The molecule has 1 saturated carbocycles. The van der Waals surface area contributed by atoms with Crippen molar-refractivity contribution in [1.82, 2.24) is 10.2 Å². The van der Waals surface area contributed by atoms with Crippen LogP contribution < -0.4 is 5.32 Å². The van der Waals surface area contributed by atoms with Crippen LogP contribution in [0.25, 0.3) is 0 Å². The molecule has 7 nitrogen and oxygen atoms in total. The third kappa shape index (κ3) is 3.61. The Morgan fingerprint density at radius 2 is 1.95 bits per heavy atom. The van der Waals surface area contributed by atoms with E-state index in [4.69, 9.17) is 9.84 Å². The second kappa shape index (κ2) is 6.90. The van der Waals surface area contributed by atoms with Crippen molar-refractivity contribution in [2.24, 2.45) is 5.92 Å². The van der Waals surface area contributed by atoms with Crippen molar-refractivity contribution >= 4 is 12.0 Å². The fourth-order valence-corrected chi connectivity index (χ4v) is 2.82. The minimum absolute atomic E-state index is 0.0280. The average molecular weight is 286 g/mol. The topological polar surface area (TPSA) is 99.1 Å². The van der Waals surface area contributed by atoms with Gasteiger partial charge in [0.2, 0.25) is 0 Å². The first-order valence-corrected chi connectivity index (χ1v) is 7.10. The number of carboxylic acids is 1. The summed E-state index contributed by atoms with van der Waals surface area (Å²) in [5.41, 5.74) is 0. The van der Waals surface area contributed by atoms with Crippen molar-refractivity contribution in [3.05, 3.63) is 0 Å². The molecule has 7 heteroatoms. The monoisotopic (exact) mass is 286 g/mol. The molecule has 1 aliphatic heterocycles. The van der Waals surface area contributed by atoms with Crippen molar-refractivity contribution in [3.8, 4) is 0 Å². The van der Waals surface area contributed by atoms with Gasteiger partial charge < -0.3 is 25.2 Å². The summed E-state index contributed by atoms with van der Waals surface area (Å²) < 4.78 is 5.24. The van der Waals surface area contributed by atoms with Crippen LogP contribution in [-0.2, 0) is 9.53 Å². The molecule has 1 heterocycles. The van der Waals surface area contributed by atoms with E-state index in [1.165, 1.54) is 0 Å². The van der Waals surface area contributed by atoms with Crippen molar-refractivity contribution in [2.45, 2.75) is 37.8 Å². The smallest absolute Gasteiger partial charge is 0.318 e. The Kier molecular flexibility index (Phi) is 5.19. The molecule has 20 heavy (non-hydrogen) atoms. The number of aliphatic hydroxyl groups excluding tert-OH is 1. The number of nitrogens with zero attached hydrogens (tertiary/aromatic N) is 1. The van der Waals surface area contributed by atoms with Crippen LogP contribution in [-0.4, -0.2) is 65.6 Å². The molecule has 1 atom stereocenters. The number of nitrogens with one attached hydrogen (secondary N) is 1. The molecule has 1 aliphatic carbocycles. The molecule has 0 aromatic heterocycles. The zero-order chi connectivity index (χ0) is 14.5. The van der Waals surface area contributed by atoms with E-state index in [-0.39, 0.29) is 30.6 Å². The third-order valence-corrected chi connectivity index (χ3v) is 4.10. The number of hydrogen-bond donors (Lipinski definition) is 3. The number of hydrogen-bond acceptors (Lipinski definition) is 4. The molecule has 1 saturated heterocycles. The highest BCUT2D eigenvalue weighted by Crippen LogP contribution is 2.24. The molecule has 0 aromatic carbocycles. The standard InChI is InChI=1S/C13H22N2O5/c16-7-11-8-20-6-5-15(11)13(19)14-10-3-1-9(2-4-10)12(17)18/h9-11,16H,1-8H2,(H,14,19)(H,17,18). The summed E-state index contributed by atoms with van der Waals surface area (Å²) in [5, 5.41) is 21.1. The van der Waals surface area contributed by atoms with Gasteiger partial charge in [-0.1, -0.05) is 0 Å². The fraction of sp³-hybridized carbons (Fsp3) is 0.846. The Morgan fingerprint density at radius 3 is 2.55 bits per heavy atom. The predicted octanol–water partition coefficient (Wildman–Crippen LogP) is 0.0325. The molecular formula is C13H22N2O5. The second-order valence-corrected chi connectivity index (χ2v) is 5.44. The Labute approximate surface area is 117 Å². The number of ether oxygens (including phenoxy) is 1. The van der Waals surface area contributed by atoms with Gasteiger partial charge in [-0.05, 0) is 25.7 Å². The summed E-state index contributed by atoms with van der Waals surface area (Å²) in [5.74, 6) is -1.03. The van der Waals surface area contributed by atoms with Gasteiger partial charge in [-0.2, -0.15) is 0 Å². The van der Waals surface area contributed by atoms with Crippen LogP contribution in [0.3, 0.4) is 0 Å². The molecular weight excluding hydrogens is 264 g/mol. The van der Waals surface area contributed by atoms with Gasteiger partial charge in [0.1, 0.15) is 0 Å². The highest BCUT2D eigenvalue weighted by Gasteiger charge is 2.30. The first-order valence-electron chi connectivity index (χ1n) is 7.10. The van der Waals surface area contributed by atoms with Crippen LogP contribution in [0.5, 0.6) is 0 Å². The molecule has 3 N–H and O–H groups in total. The van der Waals surface area contributed by atoms with Crippen molar-refractivity contribution < 1.29 is 24.5 Å². The van der Waals surface area contributed by atoms with Crippen molar-refractivity contribution in [1.29, 1.82) is 0 Å². The van der Waals surface area contributed by atoms with Crippen molar-refractivity contribution in [3.63, 3.8) is 0 Å².